The number of aromatic carboxylic acids is 1. The number of amides is 1. The summed E-state index contributed by atoms with van der Waals surface area (Å²) in [5.74, 6) is -1.32. The van der Waals surface area contributed by atoms with E-state index in [0.717, 1.165) is 5.69 Å². The summed E-state index contributed by atoms with van der Waals surface area (Å²) in [6.45, 7) is 3.52. The van der Waals surface area contributed by atoms with Gasteiger partial charge in [0.15, 0.2) is 0 Å². The van der Waals surface area contributed by atoms with E-state index in [-0.39, 0.29) is 11.5 Å². The average Bonchev–Trinajstić information content (AvgIpc) is 3.15. The first-order valence-corrected chi connectivity index (χ1v) is 7.96. The number of carbonyl (C=O) groups is 2. The van der Waals surface area contributed by atoms with Crippen LogP contribution in [0.2, 0.25) is 0 Å². The molecule has 2 N–H and O–H groups in total. The van der Waals surface area contributed by atoms with Crippen molar-refractivity contribution in [2.45, 2.75) is 13.8 Å². The lowest BCUT2D eigenvalue weighted by atomic mass is 10.1. The molecule has 0 bridgehead atoms. The Morgan fingerprint density at radius 1 is 1.21 bits per heavy atom. The second-order valence-electron chi connectivity index (χ2n) is 5.14. The zero-order valence-corrected chi connectivity index (χ0v) is 13.8. The van der Waals surface area contributed by atoms with E-state index < -0.39 is 5.97 Å². The summed E-state index contributed by atoms with van der Waals surface area (Å²) in [7, 11) is 0. The molecule has 24 heavy (non-hydrogen) atoms. The molecule has 0 atom stereocenters. The second kappa shape index (κ2) is 6.25. The Bertz CT molecular complexity index is 916. The number of hydrogen-bond donors (Lipinski definition) is 2. The molecule has 3 rings (SSSR count). The van der Waals surface area contributed by atoms with Crippen molar-refractivity contribution >= 4 is 28.3 Å². The van der Waals surface area contributed by atoms with Crippen molar-refractivity contribution in [3.63, 3.8) is 0 Å². The fraction of sp³-hybridized carbons (Fsp3) is 0.125. The van der Waals surface area contributed by atoms with Crippen molar-refractivity contribution in [1.82, 2.24) is 14.8 Å². The lowest BCUT2D eigenvalue weighted by Gasteiger charge is -2.14. The highest BCUT2D eigenvalue weighted by Gasteiger charge is 2.20. The van der Waals surface area contributed by atoms with E-state index in [4.69, 9.17) is 0 Å². The first-order valence-electron chi connectivity index (χ1n) is 7.08. The topological polar surface area (TPSA) is 97.1 Å². The van der Waals surface area contributed by atoms with Gasteiger partial charge in [-0.3, -0.25) is 10.1 Å². The third-order valence-corrected chi connectivity index (χ3v) is 4.24. The normalized spacial score (nSPS) is 10.6. The van der Waals surface area contributed by atoms with Gasteiger partial charge in [0.25, 0.3) is 5.91 Å². The van der Waals surface area contributed by atoms with E-state index in [9.17, 15) is 14.7 Å². The largest absolute Gasteiger partial charge is 0.478 e. The molecule has 0 saturated carbocycles. The molecule has 0 saturated heterocycles. The zero-order valence-electron chi connectivity index (χ0n) is 13.0. The average molecular weight is 342 g/mol. The summed E-state index contributed by atoms with van der Waals surface area (Å²) in [6, 6.07) is 8.62. The van der Waals surface area contributed by atoms with Gasteiger partial charge in [-0.25, -0.2) is 4.79 Å². The smallest absolute Gasteiger partial charge is 0.337 e. The maximum Gasteiger partial charge on any atom is 0.337 e. The second-order valence-corrected chi connectivity index (χ2v) is 5.97. The van der Waals surface area contributed by atoms with Crippen LogP contribution in [-0.2, 0) is 0 Å². The minimum Gasteiger partial charge on any atom is -0.478 e. The van der Waals surface area contributed by atoms with Crippen molar-refractivity contribution in [3.8, 4) is 5.69 Å². The highest BCUT2D eigenvalue weighted by molar-refractivity contribution is 7.13. The highest BCUT2D eigenvalue weighted by Crippen LogP contribution is 2.24. The van der Waals surface area contributed by atoms with Gasteiger partial charge >= 0.3 is 5.97 Å². The number of para-hydroxylation sites is 1. The minimum atomic E-state index is -0.995. The third kappa shape index (κ3) is 2.79. The summed E-state index contributed by atoms with van der Waals surface area (Å²) >= 11 is 1.22. The Labute approximate surface area is 141 Å². The molecule has 1 aromatic carbocycles. The number of benzene rings is 1. The molecule has 8 heteroatoms. The van der Waals surface area contributed by atoms with Gasteiger partial charge in [0.2, 0.25) is 5.13 Å². The number of carboxylic acids is 1. The number of nitrogens with zero attached hydrogens (tertiary/aromatic N) is 3. The molecule has 0 aliphatic carbocycles. The van der Waals surface area contributed by atoms with Crippen LogP contribution in [0.5, 0.6) is 0 Å². The fourth-order valence-electron chi connectivity index (χ4n) is 2.60. The molecule has 0 radical (unpaired) electrons. The number of nitrogens with one attached hydrogen (secondary N) is 1. The summed E-state index contributed by atoms with van der Waals surface area (Å²) in [4.78, 5) is 23.9. The van der Waals surface area contributed by atoms with E-state index in [1.165, 1.54) is 16.8 Å². The summed E-state index contributed by atoms with van der Waals surface area (Å²) in [5, 5.41) is 19.9. The van der Waals surface area contributed by atoms with Crippen LogP contribution in [0, 0.1) is 13.8 Å². The fourth-order valence-corrected chi connectivity index (χ4v) is 3.04. The molecule has 7 nitrogen and oxygen atoms in total. The molecule has 0 unspecified atom stereocenters. The van der Waals surface area contributed by atoms with Gasteiger partial charge in [0, 0.05) is 11.4 Å². The van der Waals surface area contributed by atoms with Crippen molar-refractivity contribution in [3.05, 3.63) is 58.4 Å². The van der Waals surface area contributed by atoms with Crippen molar-refractivity contribution in [1.29, 1.82) is 0 Å². The van der Waals surface area contributed by atoms with E-state index in [1.807, 2.05) is 0 Å². The van der Waals surface area contributed by atoms with Crippen LogP contribution in [0.1, 0.15) is 32.1 Å². The number of anilines is 1. The number of rotatable bonds is 4. The molecular weight excluding hydrogens is 328 g/mol. The van der Waals surface area contributed by atoms with Crippen LogP contribution >= 0.6 is 11.3 Å². The Morgan fingerprint density at radius 3 is 2.58 bits per heavy atom. The minimum absolute atomic E-state index is 0.215. The monoisotopic (exact) mass is 342 g/mol. The predicted molar refractivity (Wildman–Crippen MR) is 90.1 cm³/mol. The Morgan fingerprint density at radius 2 is 1.96 bits per heavy atom. The maximum absolute atomic E-state index is 12.6. The Hall–Kier alpha value is -3.00. The molecule has 2 heterocycles. The molecule has 1 amide bonds. The van der Waals surface area contributed by atoms with Crippen LogP contribution in [0.4, 0.5) is 5.13 Å². The lowest BCUT2D eigenvalue weighted by Crippen LogP contribution is -2.16. The van der Waals surface area contributed by atoms with Gasteiger partial charge in [-0.15, -0.1) is 10.2 Å². The van der Waals surface area contributed by atoms with Gasteiger partial charge in [-0.1, -0.05) is 23.5 Å². The SMILES string of the molecule is Cc1cc(C(=O)O)c(C)n1-c1ccccc1C(=O)Nc1nncs1. The molecule has 122 valence electrons. The lowest BCUT2D eigenvalue weighted by molar-refractivity contribution is 0.0696. The summed E-state index contributed by atoms with van der Waals surface area (Å²) in [6.07, 6.45) is 0. The number of hydrogen-bond acceptors (Lipinski definition) is 5. The van der Waals surface area contributed by atoms with Gasteiger partial charge in [0.1, 0.15) is 5.51 Å². The molecule has 0 fully saturated rings. The van der Waals surface area contributed by atoms with E-state index >= 15 is 0 Å². The van der Waals surface area contributed by atoms with Crippen molar-refractivity contribution < 1.29 is 14.7 Å². The third-order valence-electron chi connectivity index (χ3n) is 3.63. The summed E-state index contributed by atoms with van der Waals surface area (Å²) in [5.41, 5.74) is 4.08. The van der Waals surface area contributed by atoms with E-state index in [0.29, 0.717) is 22.1 Å². The van der Waals surface area contributed by atoms with Crippen molar-refractivity contribution in [2.75, 3.05) is 5.32 Å². The number of carbonyl (C=O) groups excluding carboxylic acids is 1. The van der Waals surface area contributed by atoms with E-state index in [2.05, 4.69) is 15.5 Å². The van der Waals surface area contributed by atoms with Gasteiger partial charge < -0.3 is 9.67 Å². The first-order chi connectivity index (χ1) is 11.5. The van der Waals surface area contributed by atoms with Gasteiger partial charge in [0.05, 0.1) is 16.8 Å². The Balaban J connectivity index is 2.07. The van der Waals surface area contributed by atoms with Crippen LogP contribution in [0.25, 0.3) is 5.69 Å². The van der Waals surface area contributed by atoms with Gasteiger partial charge in [-0.05, 0) is 32.0 Å². The van der Waals surface area contributed by atoms with Crippen LogP contribution in [0.15, 0.2) is 35.8 Å². The van der Waals surface area contributed by atoms with Crippen LogP contribution < -0.4 is 5.32 Å². The van der Waals surface area contributed by atoms with Gasteiger partial charge in [-0.2, -0.15) is 0 Å². The summed E-state index contributed by atoms with van der Waals surface area (Å²) < 4.78 is 1.76. The predicted octanol–water partition coefficient (Wildman–Crippen LogP) is 2.90. The number of aryl methyl sites for hydroxylation is 1. The number of aromatic nitrogens is 3. The quantitative estimate of drug-likeness (QED) is 0.760. The molecule has 0 aliphatic rings. The van der Waals surface area contributed by atoms with Crippen LogP contribution in [-0.4, -0.2) is 31.7 Å². The molecule has 0 spiro atoms. The maximum atomic E-state index is 12.6. The standard InChI is InChI=1S/C16H14N4O3S/c1-9-7-12(15(22)23)10(2)20(9)13-6-4-3-5-11(13)14(21)18-16-19-17-8-24-16/h3-8H,1-2H3,(H,22,23)(H,18,19,21). The molecule has 3 aromatic rings. The number of carboxylic acid groups (broad SMARTS) is 1. The molecular formula is C16H14N4O3S. The van der Waals surface area contributed by atoms with Crippen molar-refractivity contribution in [2.24, 2.45) is 0 Å². The molecule has 0 aliphatic heterocycles. The Kier molecular flexibility index (Phi) is 4.13. The highest BCUT2D eigenvalue weighted by atomic mass is 32.1. The first kappa shape index (κ1) is 15.9. The zero-order chi connectivity index (χ0) is 17.3. The van der Waals surface area contributed by atoms with Crippen LogP contribution in [0.3, 0.4) is 0 Å². The van der Waals surface area contributed by atoms with E-state index in [1.54, 1.807) is 48.7 Å². The molecule has 2 aromatic heterocycles.